The van der Waals surface area contributed by atoms with Crippen LogP contribution in [0.1, 0.15) is 52.9 Å². The summed E-state index contributed by atoms with van der Waals surface area (Å²) < 4.78 is 5.24. The van der Waals surface area contributed by atoms with Gasteiger partial charge in [-0.1, -0.05) is 18.2 Å². The van der Waals surface area contributed by atoms with Crippen LogP contribution >= 0.6 is 0 Å². The van der Waals surface area contributed by atoms with Crippen molar-refractivity contribution in [2.24, 2.45) is 0 Å². The third-order valence-electron chi connectivity index (χ3n) is 4.09. The second kappa shape index (κ2) is 11.8. The number of amides is 2. The smallest absolute Gasteiger partial charge is 0.306 e. The van der Waals surface area contributed by atoms with Crippen molar-refractivity contribution in [3.63, 3.8) is 0 Å². The van der Waals surface area contributed by atoms with Crippen molar-refractivity contribution in [2.75, 3.05) is 25.0 Å². The molecule has 158 valence electrons. The Morgan fingerprint density at radius 2 is 1.62 bits per heavy atom. The molecule has 29 heavy (non-hydrogen) atoms. The molecule has 0 spiro atoms. The van der Waals surface area contributed by atoms with Crippen molar-refractivity contribution in [3.05, 3.63) is 30.3 Å². The summed E-state index contributed by atoms with van der Waals surface area (Å²) in [4.78, 5) is 39.7. The van der Waals surface area contributed by atoms with Crippen molar-refractivity contribution in [2.45, 2.75) is 58.5 Å². The van der Waals surface area contributed by atoms with Crippen molar-refractivity contribution in [1.29, 1.82) is 5.26 Å². The highest BCUT2D eigenvalue weighted by atomic mass is 16.6. The van der Waals surface area contributed by atoms with Gasteiger partial charge in [0, 0.05) is 45.1 Å². The SMILES string of the molecule is CN(CCCC(=O)OC(C)(C)C)C(=O)CCC(=O)N(CCC#N)c1ccccc1. The van der Waals surface area contributed by atoms with Gasteiger partial charge in [0.2, 0.25) is 11.8 Å². The van der Waals surface area contributed by atoms with E-state index in [1.165, 1.54) is 4.90 Å². The second-order valence-electron chi connectivity index (χ2n) is 7.79. The minimum atomic E-state index is -0.519. The Bertz CT molecular complexity index is 720. The summed E-state index contributed by atoms with van der Waals surface area (Å²) in [6.45, 7) is 6.15. The Balaban J connectivity index is 2.47. The van der Waals surface area contributed by atoms with Gasteiger partial charge in [-0.2, -0.15) is 5.26 Å². The Hall–Kier alpha value is -2.88. The van der Waals surface area contributed by atoms with E-state index in [9.17, 15) is 14.4 Å². The van der Waals surface area contributed by atoms with Gasteiger partial charge in [0.15, 0.2) is 0 Å². The normalized spacial score (nSPS) is 10.7. The standard InChI is InChI=1S/C22H31N3O4/c1-22(2,3)29-21(28)12-8-16-24(4)19(26)13-14-20(27)25(17-9-15-23)18-10-6-5-7-11-18/h5-7,10-11H,8-9,12-14,16-17H2,1-4H3. The number of rotatable bonds is 10. The maximum Gasteiger partial charge on any atom is 0.306 e. The molecule has 2 amide bonds. The van der Waals surface area contributed by atoms with E-state index in [1.54, 1.807) is 24.1 Å². The number of anilines is 1. The van der Waals surface area contributed by atoms with Crippen LogP contribution in [0, 0.1) is 11.3 Å². The first-order valence-corrected chi connectivity index (χ1v) is 9.82. The molecule has 0 saturated heterocycles. The fourth-order valence-electron chi connectivity index (χ4n) is 2.69. The zero-order valence-electron chi connectivity index (χ0n) is 17.8. The number of carbonyl (C=O) groups is 3. The van der Waals surface area contributed by atoms with Gasteiger partial charge < -0.3 is 14.5 Å². The summed E-state index contributed by atoms with van der Waals surface area (Å²) in [6, 6.07) is 11.2. The largest absolute Gasteiger partial charge is 0.460 e. The van der Waals surface area contributed by atoms with Crippen LogP contribution in [-0.4, -0.2) is 48.4 Å². The molecule has 7 heteroatoms. The van der Waals surface area contributed by atoms with E-state index in [2.05, 4.69) is 0 Å². The van der Waals surface area contributed by atoms with E-state index in [0.29, 0.717) is 25.2 Å². The molecule has 1 aromatic carbocycles. The van der Waals surface area contributed by atoms with Gasteiger partial charge in [0.05, 0.1) is 12.5 Å². The number of nitrogens with zero attached hydrogens (tertiary/aromatic N) is 3. The molecule has 1 aromatic rings. The topological polar surface area (TPSA) is 90.7 Å². The molecule has 0 aliphatic carbocycles. The lowest BCUT2D eigenvalue weighted by molar-refractivity contribution is -0.155. The lowest BCUT2D eigenvalue weighted by Crippen LogP contribution is -2.34. The highest BCUT2D eigenvalue weighted by Gasteiger charge is 2.19. The monoisotopic (exact) mass is 401 g/mol. The lowest BCUT2D eigenvalue weighted by atomic mass is 10.2. The maximum atomic E-state index is 12.6. The molecular weight excluding hydrogens is 370 g/mol. The molecule has 0 atom stereocenters. The quantitative estimate of drug-likeness (QED) is 0.561. The Morgan fingerprint density at radius 1 is 1.00 bits per heavy atom. The minimum Gasteiger partial charge on any atom is -0.460 e. The van der Waals surface area contributed by atoms with Crippen molar-refractivity contribution < 1.29 is 19.1 Å². The number of para-hydroxylation sites is 1. The van der Waals surface area contributed by atoms with Gasteiger partial charge in [-0.25, -0.2) is 0 Å². The summed E-state index contributed by atoms with van der Waals surface area (Å²) >= 11 is 0. The van der Waals surface area contributed by atoms with E-state index in [0.717, 1.165) is 0 Å². The van der Waals surface area contributed by atoms with Crippen molar-refractivity contribution >= 4 is 23.5 Å². The first-order chi connectivity index (χ1) is 13.6. The molecular formula is C22H31N3O4. The highest BCUT2D eigenvalue weighted by molar-refractivity contribution is 5.95. The summed E-state index contributed by atoms with van der Waals surface area (Å²) in [5.41, 5.74) is 0.195. The molecule has 1 rings (SSSR count). The summed E-state index contributed by atoms with van der Waals surface area (Å²) in [6.07, 6.45) is 1.11. The fourth-order valence-corrected chi connectivity index (χ4v) is 2.69. The number of hydrogen-bond donors (Lipinski definition) is 0. The number of nitriles is 1. The number of hydrogen-bond acceptors (Lipinski definition) is 5. The molecule has 0 radical (unpaired) electrons. The Kier molecular flexibility index (Phi) is 9.87. The predicted molar refractivity (Wildman–Crippen MR) is 111 cm³/mol. The van der Waals surface area contributed by atoms with Crippen LogP contribution < -0.4 is 4.90 Å². The van der Waals surface area contributed by atoms with Crippen LogP contribution in [0.5, 0.6) is 0 Å². The van der Waals surface area contributed by atoms with Crippen molar-refractivity contribution in [1.82, 2.24) is 4.90 Å². The number of ether oxygens (including phenoxy) is 1. The molecule has 0 unspecified atom stereocenters. The van der Waals surface area contributed by atoms with Gasteiger partial charge in [-0.05, 0) is 39.3 Å². The van der Waals surface area contributed by atoms with Gasteiger partial charge in [-0.3, -0.25) is 14.4 Å². The molecule has 0 aliphatic rings. The van der Waals surface area contributed by atoms with Gasteiger partial charge >= 0.3 is 5.97 Å². The number of benzene rings is 1. The average molecular weight is 402 g/mol. The maximum absolute atomic E-state index is 12.6. The van der Waals surface area contributed by atoms with Crippen LogP contribution in [-0.2, 0) is 19.1 Å². The third-order valence-corrected chi connectivity index (χ3v) is 4.09. The van der Waals surface area contributed by atoms with E-state index < -0.39 is 5.60 Å². The predicted octanol–water partition coefficient (Wildman–Crippen LogP) is 3.29. The molecule has 0 aliphatic heterocycles. The second-order valence-corrected chi connectivity index (χ2v) is 7.79. The van der Waals surface area contributed by atoms with Crippen LogP contribution in [0.15, 0.2) is 30.3 Å². The van der Waals surface area contributed by atoms with E-state index in [-0.39, 0.29) is 43.5 Å². The first-order valence-electron chi connectivity index (χ1n) is 9.82. The number of esters is 1. The van der Waals surface area contributed by atoms with Crippen LogP contribution in [0.2, 0.25) is 0 Å². The highest BCUT2D eigenvalue weighted by Crippen LogP contribution is 2.16. The van der Waals surface area contributed by atoms with Crippen molar-refractivity contribution in [3.8, 4) is 6.07 Å². The van der Waals surface area contributed by atoms with Gasteiger partial charge in [0.25, 0.3) is 0 Å². The molecule has 0 aromatic heterocycles. The van der Waals surface area contributed by atoms with Gasteiger partial charge in [-0.15, -0.1) is 0 Å². The third kappa shape index (κ3) is 9.74. The van der Waals surface area contributed by atoms with E-state index in [4.69, 9.17) is 10.00 Å². The molecule has 0 saturated carbocycles. The van der Waals surface area contributed by atoms with E-state index in [1.807, 2.05) is 45.0 Å². The summed E-state index contributed by atoms with van der Waals surface area (Å²) in [5, 5.41) is 8.84. The first kappa shape index (κ1) is 24.2. The summed E-state index contributed by atoms with van der Waals surface area (Å²) in [7, 11) is 1.66. The molecule has 0 heterocycles. The summed E-state index contributed by atoms with van der Waals surface area (Å²) in [5.74, 6) is -0.637. The van der Waals surface area contributed by atoms with Crippen LogP contribution in [0.4, 0.5) is 5.69 Å². The lowest BCUT2D eigenvalue weighted by Gasteiger charge is -2.23. The minimum absolute atomic E-state index is 0.0650. The zero-order chi connectivity index (χ0) is 21.9. The van der Waals surface area contributed by atoms with E-state index >= 15 is 0 Å². The fraction of sp³-hybridized carbons (Fsp3) is 0.545. The van der Waals surface area contributed by atoms with Gasteiger partial charge in [0.1, 0.15) is 5.60 Å². The van der Waals surface area contributed by atoms with Crippen LogP contribution in [0.3, 0.4) is 0 Å². The van der Waals surface area contributed by atoms with Crippen LogP contribution in [0.25, 0.3) is 0 Å². The zero-order valence-corrected chi connectivity index (χ0v) is 17.8. The average Bonchev–Trinajstić information content (AvgIpc) is 2.65. The molecule has 7 nitrogen and oxygen atoms in total. The molecule has 0 bridgehead atoms. The number of carbonyl (C=O) groups excluding carboxylic acids is 3. The molecule has 0 fully saturated rings. The Morgan fingerprint density at radius 3 is 2.21 bits per heavy atom. The Labute approximate surface area is 173 Å². The molecule has 0 N–H and O–H groups in total.